The number of hydrogen-bond donors (Lipinski definition) is 2. The smallest absolute Gasteiger partial charge is 0.272 e. The molecule has 0 bridgehead atoms. The summed E-state index contributed by atoms with van der Waals surface area (Å²) in [7, 11) is 1.62. The lowest BCUT2D eigenvalue weighted by atomic mass is 9.84. The van der Waals surface area contributed by atoms with Crippen LogP contribution in [0.25, 0.3) is 10.9 Å². The van der Waals surface area contributed by atoms with Crippen molar-refractivity contribution < 1.29 is 19.1 Å². The lowest BCUT2D eigenvalue weighted by molar-refractivity contribution is -0.123. The minimum atomic E-state index is -0.354. The number of morpholine rings is 1. The number of nitrogens with zero attached hydrogens (tertiary/aromatic N) is 3. The van der Waals surface area contributed by atoms with E-state index in [-0.39, 0.29) is 23.8 Å². The number of fused-ring (bicyclic) bond motifs is 1. The molecule has 168 valence electrons. The number of para-hydroxylation sites is 1. The highest BCUT2D eigenvalue weighted by Gasteiger charge is 2.32. The van der Waals surface area contributed by atoms with Crippen LogP contribution in [0.15, 0.2) is 18.2 Å². The molecule has 1 aromatic heterocycles. The van der Waals surface area contributed by atoms with Crippen LogP contribution in [0.1, 0.15) is 36.2 Å². The van der Waals surface area contributed by atoms with Gasteiger partial charge in [-0.2, -0.15) is 5.10 Å². The fourth-order valence-corrected chi connectivity index (χ4v) is 4.64. The maximum atomic E-state index is 13.2. The first-order valence-corrected chi connectivity index (χ1v) is 11.0. The van der Waals surface area contributed by atoms with Gasteiger partial charge in [-0.15, -0.1) is 0 Å². The van der Waals surface area contributed by atoms with E-state index in [1.807, 2.05) is 22.9 Å². The monoisotopic (exact) mass is 429 g/mol. The van der Waals surface area contributed by atoms with Crippen LogP contribution in [-0.4, -0.2) is 72.5 Å². The van der Waals surface area contributed by atoms with Crippen LogP contribution in [0, 0.1) is 5.92 Å². The molecule has 2 aliphatic rings. The molecule has 2 heterocycles. The number of nitrogens with two attached hydrogens (primary N) is 1. The fourth-order valence-electron chi connectivity index (χ4n) is 4.64. The topological polar surface area (TPSA) is 112 Å². The predicted octanol–water partition coefficient (Wildman–Crippen LogP) is 1.15. The van der Waals surface area contributed by atoms with E-state index in [1.165, 1.54) is 0 Å². The number of hydrogen-bond acceptors (Lipinski definition) is 6. The number of methoxy groups -OCH3 is 1. The van der Waals surface area contributed by atoms with E-state index < -0.39 is 0 Å². The lowest BCUT2D eigenvalue weighted by Gasteiger charge is -2.29. The van der Waals surface area contributed by atoms with E-state index in [9.17, 15) is 9.59 Å². The first-order valence-electron chi connectivity index (χ1n) is 11.0. The lowest BCUT2D eigenvalue weighted by Crippen LogP contribution is -2.47. The molecule has 2 aromatic rings. The average Bonchev–Trinajstić information content (AvgIpc) is 3.17. The van der Waals surface area contributed by atoms with Gasteiger partial charge in [-0.3, -0.25) is 19.2 Å². The molecule has 31 heavy (non-hydrogen) atoms. The molecule has 1 aliphatic heterocycles. The van der Waals surface area contributed by atoms with Gasteiger partial charge in [0.05, 0.1) is 32.8 Å². The van der Waals surface area contributed by atoms with E-state index >= 15 is 0 Å². The average molecular weight is 430 g/mol. The number of primary amides is 1. The number of amides is 2. The quantitative estimate of drug-likeness (QED) is 0.683. The standard InChI is InChI=1S/C22H31N5O4/c1-30-18-8-4-6-16-19(22(29)24-17-7-3-2-5-15(17)21(23)28)25-27(20(16)18)10-9-26-11-13-31-14-12-26/h4,6,8,15,17H,2-3,5,7,9-14H2,1H3,(H2,23,28)(H,24,29). The minimum absolute atomic E-state index is 0.252. The Morgan fingerprint density at radius 3 is 2.74 bits per heavy atom. The van der Waals surface area contributed by atoms with Gasteiger partial charge in [0.2, 0.25) is 5.91 Å². The van der Waals surface area contributed by atoms with E-state index in [2.05, 4.69) is 15.3 Å². The van der Waals surface area contributed by atoms with Crippen molar-refractivity contribution in [2.75, 3.05) is 40.0 Å². The summed E-state index contributed by atoms with van der Waals surface area (Å²) in [6.45, 7) is 4.70. The number of aromatic nitrogens is 2. The van der Waals surface area contributed by atoms with Crippen LogP contribution in [0.5, 0.6) is 5.75 Å². The summed E-state index contributed by atoms with van der Waals surface area (Å²) in [4.78, 5) is 27.4. The molecule has 1 aliphatic carbocycles. The molecule has 0 radical (unpaired) electrons. The van der Waals surface area contributed by atoms with Crippen LogP contribution >= 0.6 is 0 Å². The van der Waals surface area contributed by atoms with Gasteiger partial charge in [0.25, 0.3) is 5.91 Å². The highest BCUT2D eigenvalue weighted by atomic mass is 16.5. The van der Waals surface area contributed by atoms with Crippen LogP contribution in [0.2, 0.25) is 0 Å². The summed E-state index contributed by atoms with van der Waals surface area (Å²) in [6, 6.07) is 5.37. The van der Waals surface area contributed by atoms with Crippen molar-refractivity contribution >= 4 is 22.7 Å². The van der Waals surface area contributed by atoms with E-state index in [1.54, 1.807) is 7.11 Å². The zero-order chi connectivity index (χ0) is 21.8. The third kappa shape index (κ3) is 4.67. The van der Waals surface area contributed by atoms with Gasteiger partial charge in [-0.1, -0.05) is 25.0 Å². The Hall–Kier alpha value is -2.65. The normalized spacial score (nSPS) is 22.4. The Bertz CT molecular complexity index is 937. The van der Waals surface area contributed by atoms with Crippen molar-refractivity contribution in [2.45, 2.75) is 38.3 Å². The van der Waals surface area contributed by atoms with Crippen molar-refractivity contribution in [3.63, 3.8) is 0 Å². The van der Waals surface area contributed by atoms with Gasteiger partial charge in [-0.05, 0) is 18.9 Å². The number of rotatable bonds is 7. The molecule has 1 saturated heterocycles. The van der Waals surface area contributed by atoms with Gasteiger partial charge in [0.15, 0.2) is 5.69 Å². The van der Waals surface area contributed by atoms with E-state index in [4.69, 9.17) is 15.2 Å². The van der Waals surface area contributed by atoms with E-state index in [0.29, 0.717) is 24.4 Å². The molecule has 0 spiro atoms. The van der Waals surface area contributed by atoms with Crippen LogP contribution in [0.4, 0.5) is 0 Å². The second-order valence-corrected chi connectivity index (χ2v) is 8.26. The molecule has 2 unspecified atom stereocenters. The molecule has 9 nitrogen and oxygen atoms in total. The molecule has 2 atom stereocenters. The molecule has 1 saturated carbocycles. The zero-order valence-electron chi connectivity index (χ0n) is 18.0. The summed E-state index contributed by atoms with van der Waals surface area (Å²) >= 11 is 0. The molecule has 1 aromatic carbocycles. The third-order valence-electron chi connectivity index (χ3n) is 6.35. The van der Waals surface area contributed by atoms with Crippen LogP contribution in [-0.2, 0) is 16.1 Å². The van der Waals surface area contributed by atoms with E-state index in [0.717, 1.165) is 63.0 Å². The summed E-state index contributed by atoms with van der Waals surface area (Å²) in [5.41, 5.74) is 6.73. The minimum Gasteiger partial charge on any atom is -0.494 e. The molecule has 4 rings (SSSR count). The largest absolute Gasteiger partial charge is 0.494 e. The van der Waals surface area contributed by atoms with Crippen molar-refractivity contribution in [1.82, 2.24) is 20.0 Å². The predicted molar refractivity (Wildman–Crippen MR) is 116 cm³/mol. The Kier molecular flexibility index (Phi) is 6.72. The first kappa shape index (κ1) is 21.6. The summed E-state index contributed by atoms with van der Waals surface area (Å²) in [5.74, 6) is -0.283. The summed E-state index contributed by atoms with van der Waals surface area (Å²) in [5, 5.41) is 8.44. The second kappa shape index (κ2) is 9.65. The van der Waals surface area contributed by atoms with Gasteiger partial charge in [-0.25, -0.2) is 0 Å². The molecule has 2 fully saturated rings. The number of carbonyl (C=O) groups excluding carboxylic acids is 2. The number of benzene rings is 1. The first-order chi connectivity index (χ1) is 15.1. The fraction of sp³-hybridized carbons (Fsp3) is 0.591. The van der Waals surface area contributed by atoms with Gasteiger partial charge in [0, 0.05) is 31.1 Å². The highest BCUT2D eigenvalue weighted by molar-refractivity contribution is 6.06. The number of ether oxygens (including phenoxy) is 2. The SMILES string of the molecule is COc1cccc2c(C(=O)NC3CCCCC3C(N)=O)nn(CCN3CCOCC3)c12. The molecular formula is C22H31N5O4. The van der Waals surface area contributed by atoms with Gasteiger partial charge in [0.1, 0.15) is 11.3 Å². The molecule has 3 N–H and O–H groups in total. The highest BCUT2D eigenvalue weighted by Crippen LogP contribution is 2.29. The second-order valence-electron chi connectivity index (χ2n) is 8.26. The Labute approximate surface area is 181 Å². The van der Waals surface area contributed by atoms with Crippen molar-refractivity contribution in [2.24, 2.45) is 11.7 Å². The Morgan fingerprint density at radius 1 is 1.23 bits per heavy atom. The molecule has 9 heteroatoms. The maximum absolute atomic E-state index is 13.2. The third-order valence-corrected chi connectivity index (χ3v) is 6.35. The maximum Gasteiger partial charge on any atom is 0.272 e. The molecule has 2 amide bonds. The van der Waals surface area contributed by atoms with Gasteiger partial charge >= 0.3 is 0 Å². The van der Waals surface area contributed by atoms with Crippen molar-refractivity contribution in [1.29, 1.82) is 0 Å². The Balaban J connectivity index is 1.59. The van der Waals surface area contributed by atoms with Crippen LogP contribution in [0.3, 0.4) is 0 Å². The zero-order valence-corrected chi connectivity index (χ0v) is 18.0. The number of nitrogens with one attached hydrogen (secondary N) is 1. The van der Waals surface area contributed by atoms with Crippen molar-refractivity contribution in [3.8, 4) is 5.75 Å². The Morgan fingerprint density at radius 2 is 2.00 bits per heavy atom. The summed E-state index contributed by atoms with van der Waals surface area (Å²) < 4.78 is 12.8. The number of carbonyl (C=O) groups is 2. The van der Waals surface area contributed by atoms with Crippen molar-refractivity contribution in [3.05, 3.63) is 23.9 Å². The summed E-state index contributed by atoms with van der Waals surface area (Å²) in [6.07, 6.45) is 3.38. The molecular weight excluding hydrogens is 398 g/mol. The van der Waals surface area contributed by atoms with Gasteiger partial charge < -0.3 is 20.5 Å². The van der Waals surface area contributed by atoms with Crippen LogP contribution < -0.4 is 15.8 Å².